The molecule has 0 radical (unpaired) electrons. The Balaban J connectivity index is 2.01. The zero-order valence-corrected chi connectivity index (χ0v) is 17.3. The Morgan fingerprint density at radius 1 is 1.00 bits per heavy atom. The van der Waals surface area contributed by atoms with Gasteiger partial charge in [0.15, 0.2) is 11.5 Å². The highest BCUT2D eigenvalue weighted by atomic mass is 16.5. The van der Waals surface area contributed by atoms with Gasteiger partial charge in [-0.2, -0.15) is 0 Å². The molecule has 0 unspecified atom stereocenters. The molecule has 0 saturated carbocycles. The fourth-order valence-electron chi connectivity index (χ4n) is 2.49. The van der Waals surface area contributed by atoms with Crippen LogP contribution in [0.1, 0.15) is 10.4 Å². The summed E-state index contributed by atoms with van der Waals surface area (Å²) in [6.45, 7) is 0.408. The van der Waals surface area contributed by atoms with E-state index in [9.17, 15) is 9.59 Å². The number of benzene rings is 1. The molecule has 10 nitrogen and oxygen atoms in total. The van der Waals surface area contributed by atoms with Gasteiger partial charge in [-0.05, 0) is 24.3 Å². The third kappa shape index (κ3) is 5.98. The second-order valence-electron chi connectivity index (χ2n) is 5.84. The number of amides is 2. The molecule has 2 N–H and O–H groups in total. The van der Waals surface area contributed by atoms with Crippen LogP contribution in [0.4, 0.5) is 5.69 Å². The van der Waals surface area contributed by atoms with E-state index in [2.05, 4.69) is 15.6 Å². The number of ether oxygens (including phenoxy) is 5. The highest BCUT2D eigenvalue weighted by Crippen LogP contribution is 2.38. The number of carbonyl (C=O) groups excluding carboxylic acids is 2. The number of anilines is 1. The Morgan fingerprint density at radius 2 is 1.70 bits per heavy atom. The van der Waals surface area contributed by atoms with Crippen LogP contribution in [0.2, 0.25) is 0 Å². The highest BCUT2D eigenvalue weighted by molar-refractivity contribution is 6.00. The van der Waals surface area contributed by atoms with E-state index in [1.807, 2.05) is 0 Å². The van der Waals surface area contributed by atoms with Crippen molar-refractivity contribution in [3.8, 4) is 23.1 Å². The van der Waals surface area contributed by atoms with Crippen molar-refractivity contribution in [1.29, 1.82) is 0 Å². The lowest BCUT2D eigenvalue weighted by Gasteiger charge is -2.14. The zero-order chi connectivity index (χ0) is 21.9. The number of aromatic nitrogens is 1. The average molecular weight is 419 g/mol. The molecule has 0 aliphatic rings. The Labute approximate surface area is 174 Å². The average Bonchev–Trinajstić information content (AvgIpc) is 2.77. The maximum absolute atomic E-state index is 12.5. The summed E-state index contributed by atoms with van der Waals surface area (Å²) in [7, 11) is 5.93. The topological polar surface area (TPSA) is 117 Å². The Morgan fingerprint density at radius 3 is 2.30 bits per heavy atom. The van der Waals surface area contributed by atoms with Gasteiger partial charge in [0.25, 0.3) is 5.91 Å². The number of carbonyl (C=O) groups is 2. The van der Waals surface area contributed by atoms with Crippen LogP contribution >= 0.6 is 0 Å². The van der Waals surface area contributed by atoms with Gasteiger partial charge < -0.3 is 34.3 Å². The highest BCUT2D eigenvalue weighted by Gasteiger charge is 2.18. The first-order valence-corrected chi connectivity index (χ1v) is 8.98. The van der Waals surface area contributed by atoms with Gasteiger partial charge in [0.1, 0.15) is 12.3 Å². The van der Waals surface area contributed by atoms with E-state index >= 15 is 0 Å². The molecule has 2 aromatic rings. The minimum absolute atomic E-state index is 0.252. The molecule has 0 aliphatic heterocycles. The van der Waals surface area contributed by atoms with Gasteiger partial charge in [0, 0.05) is 18.9 Å². The van der Waals surface area contributed by atoms with Crippen molar-refractivity contribution in [2.24, 2.45) is 0 Å². The van der Waals surface area contributed by atoms with E-state index in [1.54, 1.807) is 25.4 Å². The lowest BCUT2D eigenvalue weighted by Crippen LogP contribution is -2.33. The predicted octanol–water partition coefficient (Wildman–Crippen LogP) is 1.50. The summed E-state index contributed by atoms with van der Waals surface area (Å²) in [6, 6.07) is 6.30. The number of hydrogen-bond acceptors (Lipinski definition) is 8. The summed E-state index contributed by atoms with van der Waals surface area (Å²) < 4.78 is 26.1. The molecule has 2 amide bonds. The first kappa shape index (κ1) is 22.8. The van der Waals surface area contributed by atoms with E-state index in [0.717, 1.165) is 0 Å². The van der Waals surface area contributed by atoms with Gasteiger partial charge in [0.2, 0.25) is 17.5 Å². The van der Waals surface area contributed by atoms with E-state index in [-0.39, 0.29) is 24.6 Å². The molecule has 1 aromatic carbocycles. The Hall–Kier alpha value is -3.53. The molecule has 1 aromatic heterocycles. The monoisotopic (exact) mass is 419 g/mol. The van der Waals surface area contributed by atoms with Crippen LogP contribution in [0.25, 0.3) is 0 Å². The first-order chi connectivity index (χ1) is 14.5. The van der Waals surface area contributed by atoms with Gasteiger partial charge >= 0.3 is 0 Å². The molecular formula is C20H25N3O7. The molecule has 10 heteroatoms. The van der Waals surface area contributed by atoms with Gasteiger partial charge in [-0.15, -0.1) is 0 Å². The number of nitrogens with zero attached hydrogens (tertiary/aromatic N) is 1. The van der Waals surface area contributed by atoms with Gasteiger partial charge in [-0.1, -0.05) is 0 Å². The van der Waals surface area contributed by atoms with Crippen molar-refractivity contribution >= 4 is 17.5 Å². The van der Waals surface area contributed by atoms with E-state index < -0.39 is 11.8 Å². The number of nitrogens with one attached hydrogen (secondary N) is 2. The summed E-state index contributed by atoms with van der Waals surface area (Å²) in [6.07, 6.45) is 1.55. The summed E-state index contributed by atoms with van der Waals surface area (Å²) in [5.41, 5.74) is 0.642. The van der Waals surface area contributed by atoms with E-state index in [4.69, 9.17) is 23.7 Å². The summed E-state index contributed by atoms with van der Waals surface area (Å²) >= 11 is 0. The maximum Gasteiger partial charge on any atom is 0.251 e. The van der Waals surface area contributed by atoms with Crippen molar-refractivity contribution in [2.75, 3.05) is 53.5 Å². The summed E-state index contributed by atoms with van der Waals surface area (Å²) in [5, 5.41) is 5.20. The first-order valence-electron chi connectivity index (χ1n) is 8.98. The SMILES string of the molecule is COCCOc1ncccc1NC(=O)CNC(=O)c1cc(OC)c(OC)c(OC)c1. The van der Waals surface area contributed by atoms with Crippen LogP contribution in [0.3, 0.4) is 0 Å². The Kier molecular flexibility index (Phi) is 8.70. The standard InChI is InChI=1S/C20H25N3O7/c1-26-8-9-30-20-14(6-5-7-21-20)23-17(24)12-22-19(25)13-10-15(27-2)18(29-4)16(11-13)28-3/h5-7,10-11H,8-9,12H2,1-4H3,(H,22,25)(H,23,24). The van der Waals surface area contributed by atoms with E-state index in [1.165, 1.54) is 33.5 Å². The summed E-state index contributed by atoms with van der Waals surface area (Å²) in [4.78, 5) is 28.8. The second kappa shape index (κ2) is 11.5. The van der Waals surface area contributed by atoms with Crippen molar-refractivity contribution in [1.82, 2.24) is 10.3 Å². The predicted molar refractivity (Wildman–Crippen MR) is 109 cm³/mol. The van der Waals surface area contributed by atoms with Crippen LogP contribution in [0.15, 0.2) is 30.5 Å². The quantitative estimate of drug-likeness (QED) is 0.526. The number of methoxy groups -OCH3 is 4. The maximum atomic E-state index is 12.5. The molecular weight excluding hydrogens is 394 g/mol. The van der Waals surface area contributed by atoms with Gasteiger partial charge in [-0.25, -0.2) is 4.98 Å². The minimum Gasteiger partial charge on any atom is -0.493 e. The third-order valence-corrected chi connectivity index (χ3v) is 3.91. The van der Waals surface area contributed by atoms with Crippen LogP contribution in [0.5, 0.6) is 23.1 Å². The van der Waals surface area contributed by atoms with Crippen molar-refractivity contribution in [3.63, 3.8) is 0 Å². The smallest absolute Gasteiger partial charge is 0.251 e. The number of rotatable bonds is 11. The molecule has 0 aliphatic carbocycles. The summed E-state index contributed by atoms with van der Waals surface area (Å²) in [5.74, 6) is 0.373. The zero-order valence-electron chi connectivity index (χ0n) is 17.3. The number of hydrogen-bond donors (Lipinski definition) is 2. The van der Waals surface area contributed by atoms with Crippen LogP contribution in [0, 0.1) is 0 Å². The number of pyridine rings is 1. The molecule has 0 atom stereocenters. The molecule has 2 rings (SSSR count). The Bertz CT molecular complexity index is 848. The van der Waals surface area contributed by atoms with Crippen molar-refractivity contribution < 1.29 is 33.3 Å². The lowest BCUT2D eigenvalue weighted by atomic mass is 10.1. The molecule has 1 heterocycles. The fraction of sp³-hybridized carbons (Fsp3) is 0.350. The molecule has 0 bridgehead atoms. The van der Waals surface area contributed by atoms with Crippen molar-refractivity contribution in [3.05, 3.63) is 36.0 Å². The van der Waals surface area contributed by atoms with Gasteiger partial charge in [-0.3, -0.25) is 9.59 Å². The van der Waals surface area contributed by atoms with Crippen LogP contribution in [-0.2, 0) is 9.53 Å². The van der Waals surface area contributed by atoms with Crippen molar-refractivity contribution in [2.45, 2.75) is 0 Å². The van der Waals surface area contributed by atoms with E-state index in [0.29, 0.717) is 29.5 Å². The second-order valence-corrected chi connectivity index (χ2v) is 5.84. The minimum atomic E-state index is -0.479. The normalized spacial score (nSPS) is 10.1. The van der Waals surface area contributed by atoms with Gasteiger partial charge in [0.05, 0.1) is 34.5 Å². The van der Waals surface area contributed by atoms with Crippen LogP contribution in [-0.4, -0.2) is 65.0 Å². The fourth-order valence-corrected chi connectivity index (χ4v) is 2.49. The third-order valence-electron chi connectivity index (χ3n) is 3.91. The molecule has 30 heavy (non-hydrogen) atoms. The molecule has 162 valence electrons. The molecule has 0 spiro atoms. The van der Waals surface area contributed by atoms with Crippen LogP contribution < -0.4 is 29.6 Å². The molecule has 0 fully saturated rings. The molecule has 0 saturated heterocycles. The largest absolute Gasteiger partial charge is 0.493 e. The lowest BCUT2D eigenvalue weighted by molar-refractivity contribution is -0.115.